The highest BCUT2D eigenvalue weighted by molar-refractivity contribution is 5.33. The Kier molecular flexibility index (Phi) is 4.90. The van der Waals surface area contributed by atoms with E-state index in [4.69, 9.17) is 4.74 Å². The Hall–Kier alpha value is -1.95. The maximum Gasteiger partial charge on any atom is 0.223 e. The average molecular weight is 289 g/mol. The third-order valence-electron chi connectivity index (χ3n) is 3.44. The summed E-state index contributed by atoms with van der Waals surface area (Å²) in [6, 6.07) is 1.96. The minimum atomic E-state index is 0.662. The normalized spacial score (nSPS) is 10.9. The lowest BCUT2D eigenvalue weighted by Gasteiger charge is -2.08. The summed E-state index contributed by atoms with van der Waals surface area (Å²) in [5, 5.41) is 7.84. The van der Waals surface area contributed by atoms with Crippen LogP contribution < -0.4 is 5.32 Å². The van der Waals surface area contributed by atoms with Gasteiger partial charge in [-0.05, 0) is 33.8 Å². The van der Waals surface area contributed by atoms with Crippen molar-refractivity contribution < 1.29 is 4.74 Å². The average Bonchev–Trinajstić information content (AvgIpc) is 2.68. The molecule has 0 spiro atoms. The molecule has 0 fully saturated rings. The topological polar surface area (TPSA) is 64.9 Å². The van der Waals surface area contributed by atoms with Crippen LogP contribution in [0.3, 0.4) is 0 Å². The number of hydrogen-bond acceptors (Lipinski definition) is 5. The van der Waals surface area contributed by atoms with Crippen LogP contribution in [0.25, 0.3) is 0 Å². The van der Waals surface area contributed by atoms with E-state index in [9.17, 15) is 0 Å². The summed E-state index contributed by atoms with van der Waals surface area (Å²) in [5.41, 5.74) is 5.30. The summed E-state index contributed by atoms with van der Waals surface area (Å²) >= 11 is 0. The molecule has 0 atom stereocenters. The van der Waals surface area contributed by atoms with Gasteiger partial charge < -0.3 is 10.1 Å². The first kappa shape index (κ1) is 15.4. The van der Waals surface area contributed by atoms with Crippen molar-refractivity contribution >= 4 is 5.95 Å². The zero-order chi connectivity index (χ0) is 15.4. The van der Waals surface area contributed by atoms with E-state index in [0.717, 1.165) is 29.3 Å². The second kappa shape index (κ2) is 6.67. The first-order valence-electron chi connectivity index (χ1n) is 7.09. The SMILES string of the molecule is COCCn1nc(C)c(CNc2nc(C)cc(C)n2)c1C. The third-order valence-corrected chi connectivity index (χ3v) is 3.44. The molecule has 0 radical (unpaired) electrons. The maximum atomic E-state index is 5.11. The molecule has 2 aromatic rings. The predicted molar refractivity (Wildman–Crippen MR) is 82.4 cm³/mol. The zero-order valence-corrected chi connectivity index (χ0v) is 13.4. The first-order chi connectivity index (χ1) is 10.0. The maximum absolute atomic E-state index is 5.11. The molecular weight excluding hydrogens is 266 g/mol. The number of ether oxygens (including phenoxy) is 1. The molecule has 1 N–H and O–H groups in total. The van der Waals surface area contributed by atoms with Crippen LogP contribution in [-0.4, -0.2) is 33.5 Å². The molecule has 6 nitrogen and oxygen atoms in total. The van der Waals surface area contributed by atoms with Crippen molar-refractivity contribution in [1.29, 1.82) is 0 Å². The van der Waals surface area contributed by atoms with Gasteiger partial charge in [0.2, 0.25) is 5.95 Å². The smallest absolute Gasteiger partial charge is 0.223 e. The van der Waals surface area contributed by atoms with E-state index in [1.54, 1.807) is 7.11 Å². The van der Waals surface area contributed by atoms with Gasteiger partial charge in [-0.25, -0.2) is 9.97 Å². The molecular formula is C15H23N5O. The van der Waals surface area contributed by atoms with E-state index in [1.807, 2.05) is 31.5 Å². The Labute approximate surface area is 125 Å². The second-order valence-corrected chi connectivity index (χ2v) is 5.19. The monoisotopic (exact) mass is 289 g/mol. The molecule has 114 valence electrons. The number of anilines is 1. The van der Waals surface area contributed by atoms with Crippen LogP contribution in [0.4, 0.5) is 5.95 Å². The molecule has 0 saturated carbocycles. The Morgan fingerprint density at radius 2 is 1.81 bits per heavy atom. The van der Waals surface area contributed by atoms with Crippen molar-refractivity contribution in [3.05, 3.63) is 34.4 Å². The van der Waals surface area contributed by atoms with Crippen LogP contribution in [0.5, 0.6) is 0 Å². The van der Waals surface area contributed by atoms with Gasteiger partial charge in [-0.1, -0.05) is 0 Å². The summed E-state index contributed by atoms with van der Waals surface area (Å²) in [4.78, 5) is 8.79. The Balaban J connectivity index is 2.10. The van der Waals surface area contributed by atoms with Crippen molar-refractivity contribution in [3.8, 4) is 0 Å². The van der Waals surface area contributed by atoms with Crippen molar-refractivity contribution in [2.24, 2.45) is 0 Å². The highest BCUT2D eigenvalue weighted by atomic mass is 16.5. The van der Waals surface area contributed by atoms with Crippen molar-refractivity contribution in [1.82, 2.24) is 19.7 Å². The predicted octanol–water partition coefficient (Wildman–Crippen LogP) is 2.17. The molecule has 0 amide bonds. The van der Waals surface area contributed by atoms with Gasteiger partial charge in [0.25, 0.3) is 0 Å². The molecule has 0 bridgehead atoms. The van der Waals surface area contributed by atoms with E-state index in [-0.39, 0.29) is 0 Å². The summed E-state index contributed by atoms with van der Waals surface area (Å²) < 4.78 is 7.09. The van der Waals surface area contributed by atoms with Crippen molar-refractivity contribution in [2.75, 3.05) is 19.0 Å². The number of rotatable bonds is 6. The van der Waals surface area contributed by atoms with Crippen LogP contribution in [-0.2, 0) is 17.8 Å². The summed E-state index contributed by atoms with van der Waals surface area (Å²) in [7, 11) is 1.70. The lowest BCUT2D eigenvalue weighted by Crippen LogP contribution is -2.09. The lowest BCUT2D eigenvalue weighted by molar-refractivity contribution is 0.182. The number of hydrogen-bond donors (Lipinski definition) is 1. The molecule has 0 aliphatic heterocycles. The van der Waals surface area contributed by atoms with E-state index in [2.05, 4.69) is 27.3 Å². The molecule has 0 saturated heterocycles. The van der Waals surface area contributed by atoms with Crippen LogP contribution in [0.1, 0.15) is 28.3 Å². The molecule has 2 heterocycles. The largest absolute Gasteiger partial charge is 0.383 e. The molecule has 0 aromatic carbocycles. The molecule has 2 aromatic heterocycles. The Morgan fingerprint density at radius 1 is 1.14 bits per heavy atom. The van der Waals surface area contributed by atoms with Gasteiger partial charge in [-0.15, -0.1) is 0 Å². The summed E-state index contributed by atoms with van der Waals surface area (Å²) in [5.74, 6) is 0.663. The zero-order valence-electron chi connectivity index (χ0n) is 13.4. The van der Waals surface area contributed by atoms with Gasteiger partial charge in [-0.3, -0.25) is 4.68 Å². The number of aromatic nitrogens is 4. The quantitative estimate of drug-likeness (QED) is 0.883. The van der Waals surface area contributed by atoms with Crippen LogP contribution >= 0.6 is 0 Å². The van der Waals surface area contributed by atoms with Crippen LogP contribution in [0, 0.1) is 27.7 Å². The first-order valence-corrected chi connectivity index (χ1v) is 7.09. The van der Waals surface area contributed by atoms with Crippen molar-refractivity contribution in [3.63, 3.8) is 0 Å². The summed E-state index contributed by atoms with van der Waals surface area (Å²) in [6.07, 6.45) is 0. The molecule has 0 aliphatic rings. The minimum Gasteiger partial charge on any atom is -0.383 e. The molecule has 0 aliphatic carbocycles. The fourth-order valence-corrected chi connectivity index (χ4v) is 2.36. The van der Waals surface area contributed by atoms with Gasteiger partial charge in [0, 0.05) is 36.3 Å². The van der Waals surface area contributed by atoms with Crippen LogP contribution in [0.2, 0.25) is 0 Å². The number of aryl methyl sites for hydroxylation is 3. The van der Waals surface area contributed by atoms with Crippen molar-refractivity contribution in [2.45, 2.75) is 40.8 Å². The molecule has 2 rings (SSSR count). The third kappa shape index (κ3) is 3.78. The van der Waals surface area contributed by atoms with Gasteiger partial charge >= 0.3 is 0 Å². The molecule has 21 heavy (non-hydrogen) atoms. The second-order valence-electron chi connectivity index (χ2n) is 5.19. The van der Waals surface area contributed by atoms with E-state index >= 15 is 0 Å². The fourth-order valence-electron chi connectivity index (χ4n) is 2.36. The van der Waals surface area contributed by atoms with Crippen LogP contribution in [0.15, 0.2) is 6.07 Å². The molecule has 0 unspecified atom stereocenters. The van der Waals surface area contributed by atoms with Gasteiger partial charge in [0.1, 0.15) is 0 Å². The lowest BCUT2D eigenvalue weighted by atomic mass is 10.2. The number of nitrogens with one attached hydrogen (secondary N) is 1. The fraction of sp³-hybridized carbons (Fsp3) is 0.533. The molecule has 6 heteroatoms. The standard InChI is InChI=1S/C15H23N5O/c1-10-8-11(2)18-15(17-10)16-9-14-12(3)19-20(13(14)4)6-7-21-5/h8H,6-7,9H2,1-5H3,(H,16,17,18). The number of nitrogens with zero attached hydrogens (tertiary/aromatic N) is 4. The van der Waals surface area contributed by atoms with E-state index < -0.39 is 0 Å². The number of methoxy groups -OCH3 is 1. The van der Waals surface area contributed by atoms with E-state index in [0.29, 0.717) is 19.1 Å². The van der Waals surface area contributed by atoms with Gasteiger partial charge in [0.15, 0.2) is 0 Å². The summed E-state index contributed by atoms with van der Waals surface area (Å²) in [6.45, 7) is 10.1. The Morgan fingerprint density at radius 3 is 2.43 bits per heavy atom. The highest BCUT2D eigenvalue weighted by Crippen LogP contribution is 2.15. The van der Waals surface area contributed by atoms with E-state index in [1.165, 1.54) is 5.56 Å². The highest BCUT2D eigenvalue weighted by Gasteiger charge is 2.11. The minimum absolute atomic E-state index is 0.662. The van der Waals surface area contributed by atoms with Gasteiger partial charge in [-0.2, -0.15) is 5.10 Å². The van der Waals surface area contributed by atoms with Gasteiger partial charge in [0.05, 0.1) is 18.8 Å². The Bertz CT molecular complexity index is 601.